The maximum absolute atomic E-state index is 12.8. The van der Waals surface area contributed by atoms with Crippen LogP contribution in [0.25, 0.3) is 11.1 Å². The van der Waals surface area contributed by atoms with Crippen molar-refractivity contribution in [1.29, 1.82) is 0 Å². The highest BCUT2D eigenvalue weighted by Crippen LogP contribution is 2.44. The molecule has 0 saturated carbocycles. The number of rotatable bonds is 4. The molecule has 4 rings (SSSR count). The highest BCUT2D eigenvalue weighted by molar-refractivity contribution is 5.82. The molecule has 2 aromatic rings. The van der Waals surface area contributed by atoms with E-state index >= 15 is 0 Å². The van der Waals surface area contributed by atoms with Gasteiger partial charge in [0.25, 0.3) is 0 Å². The average molecular weight is 381 g/mol. The van der Waals surface area contributed by atoms with Crippen molar-refractivity contribution >= 4 is 12.1 Å². The van der Waals surface area contributed by atoms with Crippen LogP contribution in [0.4, 0.5) is 4.79 Å². The van der Waals surface area contributed by atoms with Crippen molar-refractivity contribution in [2.45, 2.75) is 24.5 Å². The van der Waals surface area contributed by atoms with Crippen LogP contribution < -0.4 is 0 Å². The molecule has 0 N–H and O–H groups in total. The van der Waals surface area contributed by atoms with Crippen LogP contribution in [-0.4, -0.2) is 56.5 Å². The first kappa shape index (κ1) is 18.5. The topological polar surface area (TPSA) is 65.1 Å². The van der Waals surface area contributed by atoms with E-state index in [-0.39, 0.29) is 18.6 Å². The Morgan fingerprint density at radius 2 is 1.61 bits per heavy atom. The molecule has 1 amide bonds. The molecule has 6 heteroatoms. The third-order valence-electron chi connectivity index (χ3n) is 5.64. The highest BCUT2D eigenvalue weighted by Gasteiger charge is 2.42. The molecule has 0 bridgehead atoms. The number of esters is 1. The molecule has 28 heavy (non-hydrogen) atoms. The maximum atomic E-state index is 12.8. The molecule has 6 nitrogen and oxygen atoms in total. The van der Waals surface area contributed by atoms with E-state index in [4.69, 9.17) is 14.2 Å². The summed E-state index contributed by atoms with van der Waals surface area (Å²) in [7, 11) is 2.89. The van der Waals surface area contributed by atoms with E-state index in [1.165, 1.54) is 23.1 Å². The standard InChI is InChI=1S/C22H23NO5/c1-26-14-11-20(21(24)27-2)23(12-14)22(25)28-13-19-17-9-5-3-7-15(17)16-8-4-6-10-18(16)19/h3-10,14,19-20H,11-13H2,1-2H3. The fourth-order valence-electron chi connectivity index (χ4n) is 4.21. The van der Waals surface area contributed by atoms with Gasteiger partial charge in [0.05, 0.1) is 19.8 Å². The van der Waals surface area contributed by atoms with Crippen molar-refractivity contribution in [3.8, 4) is 11.1 Å². The molecular weight excluding hydrogens is 358 g/mol. The second-order valence-corrected chi connectivity index (χ2v) is 7.09. The Labute approximate surface area is 164 Å². The number of amides is 1. The zero-order valence-corrected chi connectivity index (χ0v) is 16.0. The Hall–Kier alpha value is -2.86. The van der Waals surface area contributed by atoms with Gasteiger partial charge in [-0.25, -0.2) is 9.59 Å². The quantitative estimate of drug-likeness (QED) is 0.761. The molecule has 146 valence electrons. The van der Waals surface area contributed by atoms with Gasteiger partial charge in [-0.3, -0.25) is 4.90 Å². The van der Waals surface area contributed by atoms with Crippen molar-refractivity contribution in [3.63, 3.8) is 0 Å². The van der Waals surface area contributed by atoms with Crippen LogP contribution >= 0.6 is 0 Å². The van der Waals surface area contributed by atoms with Crippen LogP contribution in [0.5, 0.6) is 0 Å². The Bertz CT molecular complexity index is 851. The van der Waals surface area contributed by atoms with E-state index in [2.05, 4.69) is 24.3 Å². The zero-order chi connectivity index (χ0) is 19.7. The zero-order valence-electron chi connectivity index (χ0n) is 16.0. The molecule has 2 unspecified atom stereocenters. The second kappa shape index (κ2) is 7.64. The molecule has 1 aliphatic heterocycles. The van der Waals surface area contributed by atoms with Crippen LogP contribution in [0.15, 0.2) is 48.5 Å². The fourth-order valence-corrected chi connectivity index (χ4v) is 4.21. The van der Waals surface area contributed by atoms with Gasteiger partial charge in [0.15, 0.2) is 0 Å². The van der Waals surface area contributed by atoms with Crippen molar-refractivity contribution in [2.24, 2.45) is 0 Å². The highest BCUT2D eigenvalue weighted by atomic mass is 16.6. The minimum absolute atomic E-state index is 0.0197. The number of nitrogens with zero attached hydrogens (tertiary/aromatic N) is 1. The van der Waals surface area contributed by atoms with Gasteiger partial charge in [-0.05, 0) is 22.3 Å². The van der Waals surface area contributed by atoms with E-state index in [0.29, 0.717) is 13.0 Å². The fraction of sp³-hybridized carbons (Fsp3) is 0.364. The minimum atomic E-state index is -0.675. The summed E-state index contributed by atoms with van der Waals surface area (Å²) >= 11 is 0. The third kappa shape index (κ3) is 3.14. The van der Waals surface area contributed by atoms with Gasteiger partial charge in [0, 0.05) is 19.4 Å². The van der Waals surface area contributed by atoms with Gasteiger partial charge in [0.1, 0.15) is 12.6 Å². The Kier molecular flexibility index (Phi) is 5.05. The lowest BCUT2D eigenvalue weighted by molar-refractivity contribution is -0.145. The number of carbonyl (C=O) groups excluding carboxylic acids is 2. The minimum Gasteiger partial charge on any atom is -0.467 e. The number of carbonyl (C=O) groups is 2. The van der Waals surface area contributed by atoms with Crippen molar-refractivity contribution < 1.29 is 23.8 Å². The Morgan fingerprint density at radius 1 is 1.00 bits per heavy atom. The largest absolute Gasteiger partial charge is 0.467 e. The molecular formula is C22H23NO5. The van der Waals surface area contributed by atoms with E-state index in [0.717, 1.165) is 11.1 Å². The summed E-state index contributed by atoms with van der Waals surface area (Å²) in [5.41, 5.74) is 4.65. The molecule has 1 fully saturated rings. The van der Waals surface area contributed by atoms with Gasteiger partial charge in [-0.2, -0.15) is 0 Å². The van der Waals surface area contributed by atoms with E-state index in [1.54, 1.807) is 7.11 Å². The van der Waals surface area contributed by atoms with Crippen LogP contribution in [0.1, 0.15) is 23.5 Å². The van der Waals surface area contributed by atoms with Gasteiger partial charge in [-0.15, -0.1) is 0 Å². The number of hydrogen-bond acceptors (Lipinski definition) is 5. The lowest BCUT2D eigenvalue weighted by Crippen LogP contribution is -2.42. The van der Waals surface area contributed by atoms with Crippen molar-refractivity contribution in [2.75, 3.05) is 27.4 Å². The summed E-state index contributed by atoms with van der Waals surface area (Å²) in [4.78, 5) is 26.2. The third-order valence-corrected chi connectivity index (χ3v) is 5.64. The lowest BCUT2D eigenvalue weighted by atomic mass is 9.98. The van der Waals surface area contributed by atoms with Crippen LogP contribution in [0.2, 0.25) is 0 Å². The maximum Gasteiger partial charge on any atom is 0.410 e. The van der Waals surface area contributed by atoms with Crippen molar-refractivity contribution in [1.82, 2.24) is 4.90 Å². The average Bonchev–Trinajstić information content (AvgIpc) is 3.31. The predicted molar refractivity (Wildman–Crippen MR) is 103 cm³/mol. The van der Waals surface area contributed by atoms with Crippen LogP contribution in [0.3, 0.4) is 0 Å². The number of fused-ring (bicyclic) bond motifs is 3. The summed E-state index contributed by atoms with van der Waals surface area (Å²) in [6.45, 7) is 0.530. The van der Waals surface area contributed by atoms with Crippen LogP contribution in [-0.2, 0) is 19.0 Å². The van der Waals surface area contributed by atoms with E-state index < -0.39 is 18.1 Å². The first-order chi connectivity index (χ1) is 13.6. The molecule has 0 spiro atoms. The number of methoxy groups -OCH3 is 2. The first-order valence-electron chi connectivity index (χ1n) is 9.36. The lowest BCUT2D eigenvalue weighted by Gasteiger charge is -2.23. The van der Waals surface area contributed by atoms with E-state index in [9.17, 15) is 9.59 Å². The van der Waals surface area contributed by atoms with Gasteiger partial charge in [-0.1, -0.05) is 48.5 Å². The summed E-state index contributed by atoms with van der Waals surface area (Å²) < 4.78 is 15.8. The smallest absolute Gasteiger partial charge is 0.410 e. The molecule has 1 heterocycles. The molecule has 2 atom stereocenters. The number of ether oxygens (including phenoxy) is 3. The second-order valence-electron chi connectivity index (χ2n) is 7.09. The summed E-state index contributed by atoms with van der Waals surface area (Å²) in [5.74, 6) is -0.471. The normalized spacial score (nSPS) is 20.6. The number of hydrogen-bond donors (Lipinski definition) is 0. The van der Waals surface area contributed by atoms with Gasteiger partial charge in [0.2, 0.25) is 0 Å². The molecule has 1 aliphatic carbocycles. The van der Waals surface area contributed by atoms with Gasteiger partial charge < -0.3 is 14.2 Å². The first-order valence-corrected chi connectivity index (χ1v) is 9.36. The van der Waals surface area contributed by atoms with Crippen LogP contribution in [0, 0.1) is 0 Å². The number of likely N-dealkylation sites (tertiary alicyclic amines) is 1. The SMILES string of the molecule is COC(=O)C1CC(OC)CN1C(=O)OCC1c2ccccc2-c2ccccc21. The molecule has 2 aliphatic rings. The Balaban J connectivity index is 1.51. The monoisotopic (exact) mass is 381 g/mol. The predicted octanol–water partition coefficient (Wildman–Crippen LogP) is 3.20. The Morgan fingerprint density at radius 3 is 2.18 bits per heavy atom. The summed E-state index contributed by atoms with van der Waals surface area (Å²) in [6.07, 6.45) is -0.311. The molecule has 0 radical (unpaired) electrons. The summed E-state index contributed by atoms with van der Waals surface area (Å²) in [6, 6.07) is 15.7. The molecule has 0 aromatic heterocycles. The van der Waals surface area contributed by atoms with E-state index in [1.807, 2.05) is 24.3 Å². The summed E-state index contributed by atoms with van der Waals surface area (Å²) in [5, 5.41) is 0. The van der Waals surface area contributed by atoms with Gasteiger partial charge >= 0.3 is 12.1 Å². The number of benzene rings is 2. The van der Waals surface area contributed by atoms with Crippen molar-refractivity contribution in [3.05, 3.63) is 59.7 Å². The molecule has 2 aromatic carbocycles. The molecule has 1 saturated heterocycles.